The van der Waals surface area contributed by atoms with Gasteiger partial charge in [-0.05, 0) is 43.9 Å². The standard InChI is InChI=1S/C17H29NO2/c1-5-13-19-15-11-9-14(10-12-15)16(18)17(6-2,7-3)20-8-4/h9-12,16H,5-8,13,18H2,1-4H3. The second kappa shape index (κ2) is 8.28. The molecule has 2 N–H and O–H groups in total. The summed E-state index contributed by atoms with van der Waals surface area (Å²) in [6.45, 7) is 9.83. The largest absolute Gasteiger partial charge is 0.494 e. The molecule has 0 radical (unpaired) electrons. The van der Waals surface area contributed by atoms with Crippen molar-refractivity contribution in [2.24, 2.45) is 5.73 Å². The van der Waals surface area contributed by atoms with E-state index in [1.165, 1.54) is 0 Å². The number of nitrogens with two attached hydrogens (primary N) is 1. The number of hydrogen-bond acceptors (Lipinski definition) is 3. The molecule has 0 saturated heterocycles. The monoisotopic (exact) mass is 279 g/mol. The molecule has 114 valence electrons. The summed E-state index contributed by atoms with van der Waals surface area (Å²) in [5.74, 6) is 0.901. The summed E-state index contributed by atoms with van der Waals surface area (Å²) in [5, 5.41) is 0. The van der Waals surface area contributed by atoms with Crippen molar-refractivity contribution in [3.8, 4) is 5.75 Å². The molecule has 0 aromatic heterocycles. The highest BCUT2D eigenvalue weighted by molar-refractivity contribution is 5.30. The topological polar surface area (TPSA) is 44.5 Å². The average Bonchev–Trinajstić information content (AvgIpc) is 2.50. The Morgan fingerprint density at radius 2 is 1.65 bits per heavy atom. The lowest BCUT2D eigenvalue weighted by molar-refractivity contribution is -0.0645. The van der Waals surface area contributed by atoms with E-state index in [1.807, 2.05) is 19.1 Å². The number of benzene rings is 1. The van der Waals surface area contributed by atoms with Gasteiger partial charge in [0.25, 0.3) is 0 Å². The minimum atomic E-state index is -0.277. The minimum absolute atomic E-state index is 0.113. The molecule has 1 aromatic rings. The molecule has 1 unspecified atom stereocenters. The summed E-state index contributed by atoms with van der Waals surface area (Å²) >= 11 is 0. The molecule has 20 heavy (non-hydrogen) atoms. The zero-order valence-electron chi connectivity index (χ0n) is 13.3. The molecule has 3 heteroatoms. The van der Waals surface area contributed by atoms with Gasteiger partial charge in [0.1, 0.15) is 5.75 Å². The molecule has 0 bridgehead atoms. The van der Waals surface area contributed by atoms with Gasteiger partial charge in [-0.3, -0.25) is 0 Å². The van der Waals surface area contributed by atoms with Crippen LogP contribution in [0.5, 0.6) is 5.75 Å². The second-order valence-corrected chi connectivity index (χ2v) is 5.10. The second-order valence-electron chi connectivity index (χ2n) is 5.10. The molecule has 0 saturated carbocycles. The minimum Gasteiger partial charge on any atom is -0.494 e. The predicted octanol–water partition coefficient (Wildman–Crippen LogP) is 4.07. The van der Waals surface area contributed by atoms with Crippen molar-refractivity contribution < 1.29 is 9.47 Å². The van der Waals surface area contributed by atoms with Gasteiger partial charge in [-0.15, -0.1) is 0 Å². The molecule has 0 fully saturated rings. The first-order chi connectivity index (χ1) is 9.63. The van der Waals surface area contributed by atoms with Crippen LogP contribution in [0.2, 0.25) is 0 Å². The van der Waals surface area contributed by atoms with Crippen LogP contribution in [0.15, 0.2) is 24.3 Å². The van der Waals surface area contributed by atoms with E-state index in [1.54, 1.807) is 0 Å². The molecule has 3 nitrogen and oxygen atoms in total. The first-order valence-corrected chi connectivity index (χ1v) is 7.75. The molecule has 0 spiro atoms. The van der Waals surface area contributed by atoms with Crippen molar-refractivity contribution in [2.45, 2.75) is 58.6 Å². The van der Waals surface area contributed by atoms with Crippen LogP contribution in [0.3, 0.4) is 0 Å². The molecular weight excluding hydrogens is 250 g/mol. The van der Waals surface area contributed by atoms with Crippen molar-refractivity contribution in [1.29, 1.82) is 0 Å². The molecule has 0 heterocycles. The SMILES string of the molecule is CCCOc1ccc(C(N)C(CC)(CC)OCC)cc1. The lowest BCUT2D eigenvalue weighted by Gasteiger charge is -2.37. The molecule has 0 aliphatic carbocycles. The van der Waals surface area contributed by atoms with E-state index in [-0.39, 0.29) is 11.6 Å². The summed E-state index contributed by atoms with van der Waals surface area (Å²) in [4.78, 5) is 0. The fraction of sp³-hybridized carbons (Fsp3) is 0.647. The van der Waals surface area contributed by atoms with Gasteiger partial charge in [-0.1, -0.05) is 32.9 Å². The van der Waals surface area contributed by atoms with Crippen LogP contribution < -0.4 is 10.5 Å². The van der Waals surface area contributed by atoms with Crippen molar-refractivity contribution in [3.05, 3.63) is 29.8 Å². The van der Waals surface area contributed by atoms with Crippen LogP contribution in [0.4, 0.5) is 0 Å². The quantitative estimate of drug-likeness (QED) is 0.741. The third-order valence-corrected chi connectivity index (χ3v) is 3.91. The molecule has 0 aliphatic rings. The number of ether oxygens (including phenoxy) is 2. The summed E-state index contributed by atoms with van der Waals surface area (Å²) in [7, 11) is 0. The highest BCUT2D eigenvalue weighted by Gasteiger charge is 2.34. The van der Waals surface area contributed by atoms with Gasteiger partial charge in [0.2, 0.25) is 0 Å². The van der Waals surface area contributed by atoms with E-state index in [9.17, 15) is 0 Å². The van der Waals surface area contributed by atoms with Crippen molar-refractivity contribution in [1.82, 2.24) is 0 Å². The summed E-state index contributed by atoms with van der Waals surface area (Å²) in [6.07, 6.45) is 2.83. The maximum absolute atomic E-state index is 6.47. The molecule has 1 rings (SSSR count). The zero-order chi connectivity index (χ0) is 15.0. The Morgan fingerprint density at radius 3 is 2.10 bits per heavy atom. The van der Waals surface area contributed by atoms with Crippen LogP contribution >= 0.6 is 0 Å². The Hall–Kier alpha value is -1.06. The highest BCUT2D eigenvalue weighted by Crippen LogP contribution is 2.34. The van der Waals surface area contributed by atoms with E-state index >= 15 is 0 Å². The Morgan fingerprint density at radius 1 is 1.05 bits per heavy atom. The van der Waals surface area contributed by atoms with E-state index in [0.717, 1.165) is 37.2 Å². The van der Waals surface area contributed by atoms with Gasteiger partial charge < -0.3 is 15.2 Å². The predicted molar refractivity (Wildman–Crippen MR) is 84.1 cm³/mol. The van der Waals surface area contributed by atoms with Crippen molar-refractivity contribution in [2.75, 3.05) is 13.2 Å². The van der Waals surface area contributed by atoms with Crippen LogP contribution in [-0.2, 0) is 4.74 Å². The van der Waals surface area contributed by atoms with E-state index in [2.05, 4.69) is 32.9 Å². The van der Waals surface area contributed by atoms with E-state index in [0.29, 0.717) is 6.61 Å². The first-order valence-electron chi connectivity index (χ1n) is 7.75. The Balaban J connectivity index is 2.86. The van der Waals surface area contributed by atoms with Gasteiger partial charge in [-0.2, -0.15) is 0 Å². The fourth-order valence-corrected chi connectivity index (χ4v) is 2.57. The zero-order valence-corrected chi connectivity index (χ0v) is 13.3. The molecular formula is C17H29NO2. The fourth-order valence-electron chi connectivity index (χ4n) is 2.57. The lowest BCUT2D eigenvalue weighted by Crippen LogP contribution is -2.43. The normalized spacial score (nSPS) is 13.2. The third-order valence-electron chi connectivity index (χ3n) is 3.91. The number of rotatable bonds is 9. The van der Waals surface area contributed by atoms with Gasteiger partial charge >= 0.3 is 0 Å². The highest BCUT2D eigenvalue weighted by atomic mass is 16.5. The first kappa shape index (κ1) is 17.0. The summed E-state index contributed by atoms with van der Waals surface area (Å²) in [5.41, 5.74) is 7.29. The van der Waals surface area contributed by atoms with Crippen LogP contribution in [-0.4, -0.2) is 18.8 Å². The molecule has 1 atom stereocenters. The summed E-state index contributed by atoms with van der Waals surface area (Å²) in [6, 6.07) is 7.97. The van der Waals surface area contributed by atoms with Gasteiger partial charge in [-0.25, -0.2) is 0 Å². The molecule has 0 amide bonds. The van der Waals surface area contributed by atoms with Crippen LogP contribution in [0, 0.1) is 0 Å². The van der Waals surface area contributed by atoms with Crippen LogP contribution in [0.25, 0.3) is 0 Å². The molecule has 1 aromatic carbocycles. The maximum Gasteiger partial charge on any atom is 0.119 e. The Labute approximate surface area is 123 Å². The smallest absolute Gasteiger partial charge is 0.119 e. The lowest BCUT2D eigenvalue weighted by atomic mass is 9.84. The Kier molecular flexibility index (Phi) is 7.03. The summed E-state index contributed by atoms with van der Waals surface area (Å²) < 4.78 is 11.6. The Bertz CT molecular complexity index is 371. The average molecular weight is 279 g/mol. The van der Waals surface area contributed by atoms with E-state index in [4.69, 9.17) is 15.2 Å². The third kappa shape index (κ3) is 3.97. The van der Waals surface area contributed by atoms with Crippen molar-refractivity contribution in [3.63, 3.8) is 0 Å². The molecule has 0 aliphatic heterocycles. The van der Waals surface area contributed by atoms with Gasteiger partial charge in [0, 0.05) is 6.61 Å². The van der Waals surface area contributed by atoms with Crippen LogP contribution in [0.1, 0.15) is 58.6 Å². The van der Waals surface area contributed by atoms with Crippen molar-refractivity contribution >= 4 is 0 Å². The number of hydrogen-bond donors (Lipinski definition) is 1. The van der Waals surface area contributed by atoms with Gasteiger partial charge in [0.15, 0.2) is 0 Å². The van der Waals surface area contributed by atoms with E-state index < -0.39 is 0 Å². The van der Waals surface area contributed by atoms with Gasteiger partial charge in [0.05, 0.1) is 18.2 Å². The maximum atomic E-state index is 6.47.